The highest BCUT2D eigenvalue weighted by atomic mass is 16.5. The molecule has 18 heavy (non-hydrogen) atoms. The van der Waals surface area contributed by atoms with Gasteiger partial charge in [0.05, 0.1) is 6.04 Å². The summed E-state index contributed by atoms with van der Waals surface area (Å²) in [4.78, 5) is 22.5. The molecule has 1 amide bonds. The minimum Gasteiger partial charge on any atom is -0.505 e. The van der Waals surface area contributed by atoms with Crippen LogP contribution in [0.4, 0.5) is 4.79 Å². The molecular formula is C11H23BN3O3. The largest absolute Gasteiger partial charge is 0.505 e. The van der Waals surface area contributed by atoms with E-state index in [-0.39, 0.29) is 11.8 Å². The molecule has 1 atom stereocenters. The molecule has 0 aromatic rings. The van der Waals surface area contributed by atoms with Gasteiger partial charge in [-0.05, 0) is 25.8 Å². The topological polar surface area (TPSA) is 93.4 Å². The highest BCUT2D eigenvalue weighted by molar-refractivity contribution is 6.25. The Morgan fingerprint density at radius 1 is 1.33 bits per heavy atom. The molecule has 0 fully saturated rings. The molecule has 6 nitrogen and oxygen atoms in total. The van der Waals surface area contributed by atoms with Crippen molar-refractivity contribution in [1.29, 1.82) is 0 Å². The predicted octanol–water partition coefficient (Wildman–Crippen LogP) is 0.333. The monoisotopic (exact) mass is 256 g/mol. The first-order chi connectivity index (χ1) is 8.65. The highest BCUT2D eigenvalue weighted by Gasteiger charge is 2.14. The highest BCUT2D eigenvalue weighted by Crippen LogP contribution is 2.03. The molecule has 0 saturated carbocycles. The lowest BCUT2D eigenvalue weighted by Gasteiger charge is -2.15. The Labute approximate surface area is 109 Å². The summed E-state index contributed by atoms with van der Waals surface area (Å²) in [5.41, 5.74) is 4.93. The average molecular weight is 256 g/mol. The molecular weight excluding hydrogens is 233 g/mol. The zero-order valence-corrected chi connectivity index (χ0v) is 11.2. The van der Waals surface area contributed by atoms with Gasteiger partial charge in [-0.25, -0.2) is 4.79 Å². The van der Waals surface area contributed by atoms with Crippen LogP contribution in [0.1, 0.15) is 39.5 Å². The number of carbonyl (C=O) groups is 2. The van der Waals surface area contributed by atoms with Crippen LogP contribution in [0, 0.1) is 0 Å². The molecule has 0 aliphatic rings. The molecule has 0 aromatic heterocycles. The van der Waals surface area contributed by atoms with Gasteiger partial charge in [0, 0.05) is 13.0 Å². The van der Waals surface area contributed by atoms with Crippen LogP contribution in [0.15, 0.2) is 0 Å². The fourth-order valence-corrected chi connectivity index (χ4v) is 1.64. The molecule has 7 heteroatoms. The van der Waals surface area contributed by atoms with E-state index in [9.17, 15) is 9.59 Å². The molecule has 0 rings (SSSR count). The van der Waals surface area contributed by atoms with E-state index in [2.05, 4.69) is 15.3 Å². The van der Waals surface area contributed by atoms with Crippen molar-refractivity contribution in [2.45, 2.75) is 45.6 Å². The Balaban J connectivity index is 3.67. The Morgan fingerprint density at radius 3 is 2.61 bits per heavy atom. The van der Waals surface area contributed by atoms with Crippen LogP contribution in [-0.4, -0.2) is 38.6 Å². The van der Waals surface area contributed by atoms with E-state index in [1.807, 2.05) is 13.8 Å². The van der Waals surface area contributed by atoms with E-state index in [0.29, 0.717) is 13.0 Å². The first-order valence-electron chi connectivity index (χ1n) is 6.39. The van der Waals surface area contributed by atoms with Crippen LogP contribution in [0.25, 0.3) is 0 Å². The second kappa shape index (κ2) is 11.0. The maximum Gasteiger partial charge on any atom is 0.478 e. The molecule has 0 heterocycles. The maximum absolute atomic E-state index is 11.6. The van der Waals surface area contributed by atoms with Gasteiger partial charge in [-0.3, -0.25) is 4.79 Å². The molecule has 0 aliphatic carbocycles. The van der Waals surface area contributed by atoms with Crippen LogP contribution in [0.3, 0.4) is 0 Å². The Morgan fingerprint density at radius 2 is 2.06 bits per heavy atom. The minimum atomic E-state index is -0.551. The molecule has 0 spiro atoms. The number of ketones is 1. The lowest BCUT2D eigenvalue weighted by atomic mass is 10.0. The number of Topliss-reactive ketones (excluding diaryl/α,β-unsaturated/α-hetero) is 1. The van der Waals surface area contributed by atoms with E-state index < -0.39 is 6.09 Å². The number of amides is 1. The smallest absolute Gasteiger partial charge is 0.478 e. The first-order valence-corrected chi connectivity index (χ1v) is 6.39. The molecule has 0 bridgehead atoms. The van der Waals surface area contributed by atoms with E-state index >= 15 is 0 Å². The van der Waals surface area contributed by atoms with Crippen LogP contribution < -0.4 is 16.3 Å². The summed E-state index contributed by atoms with van der Waals surface area (Å²) in [6.07, 6.45) is 2.47. The average Bonchev–Trinajstić information content (AvgIpc) is 2.36. The summed E-state index contributed by atoms with van der Waals surface area (Å²) in [6.45, 7) is 5.16. The number of hydrogen-bond donors (Lipinski definition) is 3. The van der Waals surface area contributed by atoms with Gasteiger partial charge in [0.2, 0.25) is 0 Å². The van der Waals surface area contributed by atoms with Crippen molar-refractivity contribution in [3.05, 3.63) is 0 Å². The molecule has 0 aromatic carbocycles. The summed E-state index contributed by atoms with van der Waals surface area (Å²) in [5, 5.41) is 5.72. The molecule has 4 N–H and O–H groups in total. The van der Waals surface area contributed by atoms with Crippen molar-refractivity contribution >= 4 is 19.5 Å². The minimum absolute atomic E-state index is 0.0654. The van der Waals surface area contributed by atoms with E-state index in [1.54, 1.807) is 0 Å². The van der Waals surface area contributed by atoms with Gasteiger partial charge in [0.1, 0.15) is 5.78 Å². The van der Waals surface area contributed by atoms with Crippen molar-refractivity contribution in [1.82, 2.24) is 10.6 Å². The number of nitrogens with one attached hydrogen (secondary N) is 2. The Bertz CT molecular complexity index is 252. The second-order valence-electron chi connectivity index (χ2n) is 3.89. The molecule has 1 unspecified atom stereocenters. The third-order valence-electron chi connectivity index (χ3n) is 2.55. The third-order valence-corrected chi connectivity index (χ3v) is 2.55. The molecule has 0 saturated heterocycles. The van der Waals surface area contributed by atoms with Crippen molar-refractivity contribution in [3.8, 4) is 0 Å². The van der Waals surface area contributed by atoms with E-state index in [0.717, 1.165) is 33.4 Å². The van der Waals surface area contributed by atoms with Crippen LogP contribution in [-0.2, 0) is 9.45 Å². The SMILES string of the molecule is CCNC(CCCCNC(=O)O[B]N)C(=O)CC. The maximum atomic E-state index is 11.6. The fourth-order valence-electron chi connectivity index (χ4n) is 1.64. The summed E-state index contributed by atoms with van der Waals surface area (Å²) >= 11 is 0. The normalized spacial score (nSPS) is 11.7. The van der Waals surface area contributed by atoms with Gasteiger partial charge >= 0.3 is 13.7 Å². The number of rotatable bonds is 10. The summed E-state index contributed by atoms with van der Waals surface area (Å²) in [7, 11) is 0.844. The van der Waals surface area contributed by atoms with Crippen LogP contribution in [0.2, 0.25) is 0 Å². The van der Waals surface area contributed by atoms with Gasteiger partial charge in [-0.1, -0.05) is 13.8 Å². The molecule has 1 radical (unpaired) electrons. The second-order valence-corrected chi connectivity index (χ2v) is 3.89. The predicted molar refractivity (Wildman–Crippen MR) is 71.0 cm³/mol. The number of carbonyl (C=O) groups excluding carboxylic acids is 2. The quantitative estimate of drug-likeness (QED) is 0.387. The van der Waals surface area contributed by atoms with Crippen LogP contribution >= 0.6 is 0 Å². The standard InChI is InChI=1S/C11H23BN3O3/c1-3-10(16)9(14-4-2)7-5-6-8-15-11(17)18-12-13/h9,14H,3-8,13H2,1-2H3,(H,15,17). The van der Waals surface area contributed by atoms with Gasteiger partial charge in [0.25, 0.3) is 0 Å². The summed E-state index contributed by atoms with van der Waals surface area (Å²) in [6, 6.07) is -0.0654. The number of unbranched alkanes of at least 4 members (excludes halogenated alkanes) is 1. The zero-order valence-electron chi connectivity index (χ0n) is 11.2. The fraction of sp³-hybridized carbons (Fsp3) is 0.818. The van der Waals surface area contributed by atoms with Crippen LogP contribution in [0.5, 0.6) is 0 Å². The first kappa shape index (κ1) is 16.9. The lowest BCUT2D eigenvalue weighted by molar-refractivity contribution is -0.120. The van der Waals surface area contributed by atoms with E-state index in [1.165, 1.54) is 0 Å². The van der Waals surface area contributed by atoms with Gasteiger partial charge in [-0.15, -0.1) is 0 Å². The zero-order chi connectivity index (χ0) is 13.8. The number of hydrogen-bond acceptors (Lipinski definition) is 5. The third kappa shape index (κ3) is 8.08. The summed E-state index contributed by atoms with van der Waals surface area (Å²) < 4.78 is 4.40. The van der Waals surface area contributed by atoms with Crippen molar-refractivity contribution in [2.24, 2.45) is 5.64 Å². The Kier molecular flexibility index (Phi) is 10.4. The number of likely N-dealkylation sites (N-methyl/N-ethyl adjacent to an activating group) is 1. The van der Waals surface area contributed by atoms with Gasteiger partial charge in [0.15, 0.2) is 0 Å². The Hall–Kier alpha value is -1.08. The van der Waals surface area contributed by atoms with Crippen molar-refractivity contribution in [2.75, 3.05) is 13.1 Å². The van der Waals surface area contributed by atoms with E-state index in [4.69, 9.17) is 5.64 Å². The molecule has 0 aliphatic heterocycles. The summed E-state index contributed by atoms with van der Waals surface area (Å²) in [5.74, 6) is 0.238. The lowest BCUT2D eigenvalue weighted by Crippen LogP contribution is -2.36. The molecule has 103 valence electrons. The number of nitrogens with two attached hydrogens (primary N) is 1. The van der Waals surface area contributed by atoms with Gasteiger partial charge in [-0.2, -0.15) is 0 Å². The van der Waals surface area contributed by atoms with Gasteiger partial charge < -0.3 is 20.9 Å². The van der Waals surface area contributed by atoms with Crippen molar-refractivity contribution in [3.63, 3.8) is 0 Å². The van der Waals surface area contributed by atoms with Crippen molar-refractivity contribution < 1.29 is 14.2 Å².